The van der Waals surface area contributed by atoms with Crippen LogP contribution in [0, 0.1) is 39.4 Å². The zero-order chi connectivity index (χ0) is 29.0. The van der Waals surface area contributed by atoms with Gasteiger partial charge in [0.15, 0.2) is 11.6 Å². The van der Waals surface area contributed by atoms with Crippen molar-refractivity contribution in [3.8, 4) is 0 Å². The van der Waals surface area contributed by atoms with Crippen LogP contribution in [0.1, 0.15) is 87.5 Å². The van der Waals surface area contributed by atoms with E-state index in [0.29, 0.717) is 6.42 Å². The second kappa shape index (κ2) is 8.53. The average molecular weight is 535 g/mol. The maximum Gasteiger partial charge on any atom is 0.167 e. The molecule has 4 aliphatic rings. The van der Waals surface area contributed by atoms with E-state index in [9.17, 15) is 39.9 Å². The Balaban J connectivity index is 1.77. The Morgan fingerprint density at radius 1 is 1.05 bits per heavy atom. The number of aliphatic hydroxyl groups excluding tert-OH is 3. The topological polar surface area (TPSA) is 152 Å². The smallest absolute Gasteiger partial charge is 0.167 e. The summed E-state index contributed by atoms with van der Waals surface area (Å²) in [5, 5.41) is 54.2. The van der Waals surface area contributed by atoms with Gasteiger partial charge in [-0.25, -0.2) is 0 Å². The highest BCUT2D eigenvalue weighted by Crippen LogP contribution is 2.74. The fourth-order valence-corrected chi connectivity index (χ4v) is 9.16. The Kier molecular flexibility index (Phi) is 6.63. The molecule has 0 aromatic rings. The third-order valence-electron chi connectivity index (χ3n) is 11.8. The molecule has 0 radical (unpaired) electrons. The monoisotopic (exact) mass is 534 g/mol. The Morgan fingerprint density at radius 2 is 1.63 bits per heavy atom. The first-order valence-electron chi connectivity index (χ1n) is 13.9. The van der Waals surface area contributed by atoms with Gasteiger partial charge in [-0.05, 0) is 56.3 Å². The van der Waals surface area contributed by atoms with E-state index in [1.807, 2.05) is 34.6 Å². The van der Waals surface area contributed by atoms with Gasteiger partial charge in [-0.2, -0.15) is 0 Å². The number of allylic oxidation sites excluding steroid dienone is 1. The van der Waals surface area contributed by atoms with Gasteiger partial charge in [-0.3, -0.25) is 14.4 Å². The van der Waals surface area contributed by atoms with Crippen LogP contribution in [0.3, 0.4) is 0 Å². The van der Waals surface area contributed by atoms with Gasteiger partial charge in [-0.1, -0.05) is 46.3 Å². The predicted molar refractivity (Wildman–Crippen MR) is 140 cm³/mol. The maximum absolute atomic E-state index is 14.2. The van der Waals surface area contributed by atoms with Gasteiger partial charge in [0.25, 0.3) is 0 Å². The number of carbonyl (C=O) groups is 3. The highest BCUT2D eigenvalue weighted by atomic mass is 16.3. The third kappa shape index (κ3) is 3.70. The van der Waals surface area contributed by atoms with Crippen molar-refractivity contribution < 1.29 is 39.9 Å². The highest BCUT2D eigenvalue weighted by molar-refractivity contribution is 5.93. The molecule has 3 saturated carbocycles. The van der Waals surface area contributed by atoms with Gasteiger partial charge in [0.05, 0.1) is 17.8 Å². The zero-order valence-electron chi connectivity index (χ0n) is 24.0. The van der Waals surface area contributed by atoms with E-state index < -0.39 is 69.3 Å². The molecule has 4 rings (SSSR count). The zero-order valence-corrected chi connectivity index (χ0v) is 24.0. The van der Waals surface area contributed by atoms with E-state index in [1.54, 1.807) is 0 Å². The van der Waals surface area contributed by atoms with Crippen molar-refractivity contribution >= 4 is 17.3 Å². The summed E-state index contributed by atoms with van der Waals surface area (Å²) in [6.45, 7) is 13.6. The predicted octanol–water partition coefficient (Wildman–Crippen LogP) is 2.12. The highest BCUT2D eigenvalue weighted by Gasteiger charge is 2.74. The lowest BCUT2D eigenvalue weighted by Crippen LogP contribution is -2.65. The lowest BCUT2D eigenvalue weighted by Gasteiger charge is -2.64. The number of Topliss-reactive ketones (excluding diaryl/α,β-unsaturated/α-hetero) is 3. The fraction of sp³-hybridized carbons (Fsp3) is 0.833. The van der Waals surface area contributed by atoms with Crippen molar-refractivity contribution in [1.82, 2.24) is 0 Å². The van der Waals surface area contributed by atoms with E-state index >= 15 is 0 Å². The summed E-state index contributed by atoms with van der Waals surface area (Å²) in [5.74, 6) is -2.60. The van der Waals surface area contributed by atoms with Gasteiger partial charge in [0.1, 0.15) is 17.5 Å². The second-order valence-corrected chi connectivity index (χ2v) is 14.7. The lowest BCUT2D eigenvalue weighted by molar-refractivity contribution is -0.185. The van der Waals surface area contributed by atoms with Crippen LogP contribution in [-0.2, 0) is 14.4 Å². The third-order valence-corrected chi connectivity index (χ3v) is 11.8. The molecule has 4 aliphatic carbocycles. The number of rotatable bonds is 5. The molecule has 3 fully saturated rings. The fourth-order valence-electron chi connectivity index (χ4n) is 9.16. The molecule has 0 bridgehead atoms. The van der Waals surface area contributed by atoms with Crippen LogP contribution < -0.4 is 0 Å². The van der Waals surface area contributed by atoms with Crippen LogP contribution in [0.2, 0.25) is 0 Å². The van der Waals surface area contributed by atoms with E-state index in [1.165, 1.54) is 20.8 Å². The number of hydrogen-bond acceptors (Lipinski definition) is 8. The summed E-state index contributed by atoms with van der Waals surface area (Å²) in [4.78, 5) is 40.5. The van der Waals surface area contributed by atoms with E-state index in [0.717, 1.165) is 5.57 Å². The molecule has 0 aliphatic heterocycles. The van der Waals surface area contributed by atoms with E-state index in [2.05, 4.69) is 6.08 Å². The molecule has 0 aromatic carbocycles. The molecular weight excluding hydrogens is 488 g/mol. The second-order valence-electron chi connectivity index (χ2n) is 14.7. The van der Waals surface area contributed by atoms with Crippen molar-refractivity contribution in [2.45, 2.75) is 117 Å². The summed E-state index contributed by atoms with van der Waals surface area (Å²) >= 11 is 0. The molecule has 0 spiro atoms. The maximum atomic E-state index is 14.2. The Hall–Kier alpha value is -1.45. The molecule has 10 atom stereocenters. The summed E-state index contributed by atoms with van der Waals surface area (Å²) in [6.07, 6.45) is -1.12. The Labute approximate surface area is 225 Å². The minimum absolute atomic E-state index is 0.0245. The van der Waals surface area contributed by atoms with Crippen LogP contribution >= 0.6 is 0 Å². The largest absolute Gasteiger partial charge is 0.393 e. The number of aliphatic hydroxyl groups is 5. The van der Waals surface area contributed by atoms with E-state index in [-0.39, 0.29) is 42.7 Å². The van der Waals surface area contributed by atoms with Crippen molar-refractivity contribution in [1.29, 1.82) is 0 Å². The average Bonchev–Trinajstić information content (AvgIpc) is 2.97. The number of carbonyl (C=O) groups excluding carboxylic acids is 3. The molecule has 8 nitrogen and oxygen atoms in total. The van der Waals surface area contributed by atoms with Crippen LogP contribution in [0.25, 0.3) is 0 Å². The molecule has 0 amide bonds. The van der Waals surface area contributed by atoms with Crippen LogP contribution in [0.15, 0.2) is 11.6 Å². The molecule has 38 heavy (non-hydrogen) atoms. The molecule has 0 heterocycles. The quantitative estimate of drug-likeness (QED) is 0.336. The molecular formula is C30H46O8. The van der Waals surface area contributed by atoms with Gasteiger partial charge in [0.2, 0.25) is 0 Å². The summed E-state index contributed by atoms with van der Waals surface area (Å²) in [6, 6.07) is 0. The number of hydrogen-bond donors (Lipinski definition) is 5. The van der Waals surface area contributed by atoms with Gasteiger partial charge < -0.3 is 25.5 Å². The van der Waals surface area contributed by atoms with Crippen molar-refractivity contribution in [3.63, 3.8) is 0 Å². The molecule has 214 valence electrons. The van der Waals surface area contributed by atoms with Crippen molar-refractivity contribution in [3.05, 3.63) is 11.6 Å². The first kappa shape index (κ1) is 29.5. The Morgan fingerprint density at radius 3 is 2.18 bits per heavy atom. The summed E-state index contributed by atoms with van der Waals surface area (Å²) in [7, 11) is 0. The van der Waals surface area contributed by atoms with Crippen molar-refractivity contribution in [2.24, 2.45) is 39.4 Å². The lowest BCUT2D eigenvalue weighted by atomic mass is 9.38. The van der Waals surface area contributed by atoms with Crippen molar-refractivity contribution in [2.75, 3.05) is 0 Å². The van der Waals surface area contributed by atoms with Crippen LogP contribution in [0.5, 0.6) is 0 Å². The van der Waals surface area contributed by atoms with Gasteiger partial charge >= 0.3 is 0 Å². The molecule has 5 N–H and O–H groups in total. The van der Waals surface area contributed by atoms with Gasteiger partial charge in [-0.15, -0.1) is 0 Å². The summed E-state index contributed by atoms with van der Waals surface area (Å²) < 4.78 is 0. The molecule has 3 unspecified atom stereocenters. The minimum Gasteiger partial charge on any atom is -0.393 e. The number of fused-ring (bicyclic) bond motifs is 5. The number of ketones is 3. The summed E-state index contributed by atoms with van der Waals surface area (Å²) in [5.41, 5.74) is -5.93. The standard InChI is InChI=1S/C30H46O8/c1-25(2)15-9-10-19-27(5)13-18(32)23(30(8,38)21(34)12-20(33)26(3,4)37)28(27,6)14-22(35)29(19,7)16(15)11-17(31)24(25)36/h9,16,18-20,23-24,32-33,36-38H,10-14H2,1-8H3/t16-,18+,19+,20?,23+,24?,27+,28-,29+,30?/m1/s1. The Bertz CT molecular complexity index is 1080. The molecule has 8 heteroatoms. The van der Waals surface area contributed by atoms with Crippen LogP contribution in [-0.4, -0.2) is 72.4 Å². The van der Waals surface area contributed by atoms with Crippen LogP contribution in [0.4, 0.5) is 0 Å². The normalized spacial score (nSPS) is 44.9. The van der Waals surface area contributed by atoms with E-state index in [4.69, 9.17) is 0 Å². The molecule has 0 saturated heterocycles. The van der Waals surface area contributed by atoms with Gasteiger partial charge in [0, 0.05) is 36.0 Å². The first-order chi connectivity index (χ1) is 17.1. The first-order valence-corrected chi connectivity index (χ1v) is 13.9. The minimum atomic E-state index is -2.05. The SMILES string of the molecule is CC(C)(O)C(O)CC(=O)C(C)(O)[C@H]1[C@@H](O)C[C@@]2(C)[C@@H]3CC=C4[C@@H](CC(=O)C(O)C4(C)C)[C@]3(C)C(=O)C[C@]12C. The molecule has 0 aromatic heterocycles.